The summed E-state index contributed by atoms with van der Waals surface area (Å²) in [4.78, 5) is 0. The van der Waals surface area contributed by atoms with E-state index in [0.717, 1.165) is 44.1 Å². The third-order valence-electron chi connectivity index (χ3n) is 13.7. The smallest absolute Gasteiger partial charge is 0.187 e. The van der Waals surface area contributed by atoms with Crippen molar-refractivity contribution < 1.29 is 45.2 Å². The summed E-state index contributed by atoms with van der Waals surface area (Å²) >= 11 is 0. The molecule has 258 valence electrons. The molecule has 0 spiro atoms. The minimum Gasteiger partial charge on any atom is -0.396 e. The number of ether oxygens (including phenoxy) is 2. The van der Waals surface area contributed by atoms with Crippen molar-refractivity contribution in [2.24, 2.45) is 45.3 Å². The number of hydrogen-bond acceptors (Lipinski definition) is 9. The summed E-state index contributed by atoms with van der Waals surface area (Å²) in [5.74, 6) is 0.701. The molecule has 7 N–H and O–H groups in total. The van der Waals surface area contributed by atoms with Crippen molar-refractivity contribution in [3.8, 4) is 0 Å². The Morgan fingerprint density at radius 3 is 2.27 bits per heavy atom. The molecule has 45 heavy (non-hydrogen) atoms. The first-order valence-electron chi connectivity index (χ1n) is 17.2. The van der Waals surface area contributed by atoms with Crippen molar-refractivity contribution in [1.82, 2.24) is 0 Å². The fourth-order valence-electron chi connectivity index (χ4n) is 10.9. The molecule has 0 bridgehead atoms. The molecule has 4 fully saturated rings. The predicted molar refractivity (Wildman–Crippen MR) is 170 cm³/mol. The van der Waals surface area contributed by atoms with Crippen molar-refractivity contribution >= 4 is 0 Å². The van der Waals surface area contributed by atoms with Crippen LogP contribution in [-0.2, 0) is 9.47 Å². The maximum Gasteiger partial charge on any atom is 0.187 e. The van der Waals surface area contributed by atoms with E-state index < -0.39 is 66.0 Å². The highest BCUT2D eigenvalue weighted by molar-refractivity contribution is 5.33. The van der Waals surface area contributed by atoms with Crippen molar-refractivity contribution in [1.29, 1.82) is 0 Å². The molecule has 5 rings (SSSR count). The van der Waals surface area contributed by atoms with E-state index in [0.29, 0.717) is 18.3 Å². The highest BCUT2D eigenvalue weighted by atomic mass is 16.7. The van der Waals surface area contributed by atoms with Crippen molar-refractivity contribution in [2.75, 3.05) is 13.2 Å². The highest BCUT2D eigenvalue weighted by Gasteiger charge is 2.71. The first-order chi connectivity index (χ1) is 20.9. The molecule has 3 saturated carbocycles. The maximum absolute atomic E-state index is 11.5. The van der Waals surface area contributed by atoms with Crippen LogP contribution in [-0.4, -0.2) is 97.5 Å². The number of aliphatic hydroxyl groups excluding tert-OH is 6. The van der Waals surface area contributed by atoms with E-state index >= 15 is 0 Å². The van der Waals surface area contributed by atoms with Gasteiger partial charge in [0.1, 0.15) is 24.4 Å². The monoisotopic (exact) mass is 636 g/mol. The average molecular weight is 637 g/mol. The van der Waals surface area contributed by atoms with Gasteiger partial charge in [0, 0.05) is 23.4 Å². The Kier molecular flexibility index (Phi) is 9.62. The van der Waals surface area contributed by atoms with E-state index in [4.69, 9.17) is 9.47 Å². The van der Waals surface area contributed by atoms with Gasteiger partial charge in [-0.1, -0.05) is 58.4 Å². The summed E-state index contributed by atoms with van der Waals surface area (Å²) < 4.78 is 12.6. The minimum atomic E-state index is -1.55. The van der Waals surface area contributed by atoms with Gasteiger partial charge in [-0.2, -0.15) is 0 Å². The molecule has 0 radical (unpaired) electrons. The maximum atomic E-state index is 11.5. The lowest BCUT2D eigenvalue weighted by Crippen LogP contribution is -2.66. The van der Waals surface area contributed by atoms with Crippen molar-refractivity contribution in [3.63, 3.8) is 0 Å². The molecule has 1 saturated heterocycles. The first-order valence-corrected chi connectivity index (χ1v) is 17.2. The van der Waals surface area contributed by atoms with Crippen LogP contribution in [0.25, 0.3) is 0 Å². The van der Waals surface area contributed by atoms with Gasteiger partial charge in [0.05, 0.1) is 24.4 Å². The molecule has 1 aliphatic heterocycles. The molecule has 9 heteroatoms. The van der Waals surface area contributed by atoms with Crippen LogP contribution in [0.4, 0.5) is 0 Å². The van der Waals surface area contributed by atoms with Crippen molar-refractivity contribution in [3.05, 3.63) is 23.8 Å². The number of aliphatic hydroxyl groups is 7. The predicted octanol–water partition coefficient (Wildman–Crippen LogP) is 3.07. The quantitative estimate of drug-likeness (QED) is 0.199. The molecule has 14 unspecified atom stereocenters. The number of rotatable bonds is 8. The number of allylic oxidation sites excluding steroid dienone is 1. The van der Waals surface area contributed by atoms with Gasteiger partial charge in [-0.05, 0) is 87.4 Å². The van der Waals surface area contributed by atoms with Gasteiger partial charge in [0.15, 0.2) is 6.29 Å². The molecule has 0 amide bonds. The van der Waals surface area contributed by atoms with Crippen LogP contribution in [0.2, 0.25) is 0 Å². The van der Waals surface area contributed by atoms with Gasteiger partial charge in [-0.3, -0.25) is 0 Å². The van der Waals surface area contributed by atoms with Crippen LogP contribution in [0.3, 0.4) is 0 Å². The number of hydrogen-bond donors (Lipinski definition) is 7. The fraction of sp³-hybridized carbons (Fsp3) is 0.889. The molecule has 9 nitrogen and oxygen atoms in total. The Balaban J connectivity index is 1.58. The largest absolute Gasteiger partial charge is 0.396 e. The van der Waals surface area contributed by atoms with Gasteiger partial charge in [0.25, 0.3) is 0 Å². The molecule has 0 aromatic rings. The van der Waals surface area contributed by atoms with Gasteiger partial charge in [0.2, 0.25) is 0 Å². The van der Waals surface area contributed by atoms with E-state index in [2.05, 4.69) is 46.8 Å². The summed E-state index contributed by atoms with van der Waals surface area (Å²) in [6.45, 7) is 14.2. The van der Waals surface area contributed by atoms with Crippen LogP contribution in [0.15, 0.2) is 23.8 Å². The molecule has 0 aromatic carbocycles. The zero-order valence-electron chi connectivity index (χ0n) is 28.4. The molecule has 5 aliphatic rings. The second-order valence-electron chi connectivity index (χ2n) is 16.9. The molecular formula is C36H60O9. The highest BCUT2D eigenvalue weighted by Crippen LogP contribution is 2.75. The van der Waals surface area contributed by atoms with Crippen LogP contribution in [0.1, 0.15) is 93.4 Å². The Hall–Kier alpha value is -0.880. The topological polar surface area (TPSA) is 160 Å². The Bertz CT molecular complexity index is 1130. The molecule has 4 aliphatic carbocycles. The molecule has 14 atom stereocenters. The Morgan fingerprint density at radius 2 is 1.64 bits per heavy atom. The third kappa shape index (κ3) is 5.60. The zero-order chi connectivity index (χ0) is 33.3. The second-order valence-corrected chi connectivity index (χ2v) is 16.9. The van der Waals surface area contributed by atoms with Crippen LogP contribution >= 0.6 is 0 Å². The minimum absolute atomic E-state index is 0.0272. The van der Waals surface area contributed by atoms with Crippen LogP contribution < -0.4 is 0 Å². The van der Waals surface area contributed by atoms with Gasteiger partial charge >= 0.3 is 0 Å². The first kappa shape index (κ1) is 35.4. The van der Waals surface area contributed by atoms with Gasteiger partial charge in [-0.25, -0.2) is 0 Å². The molecule has 0 aromatic heterocycles. The standard InChI is InChI=1S/C36H60O9/c1-20(9-8-13-32(2,3)43)21-12-14-35(7)30-24(44-31-29(42)28(41)27(40)25(18-37)45-31)17-23-22(10-11-26(39)33(23,4)5)36(30,19-38)16-15-34(21,35)6/h8,13,17,20-22,24-31,37-43H,9-12,14-16,18-19H2,1-7H3. The normalized spacial score (nSPS) is 48.8. The van der Waals surface area contributed by atoms with Crippen LogP contribution in [0, 0.1) is 45.3 Å². The summed E-state index contributed by atoms with van der Waals surface area (Å²) in [6, 6.07) is 0. The SMILES string of the molecule is CC(CC=CC(C)(C)O)C1CCC2(C)C3C(OC4OC(CO)C(O)C(O)C4O)C=C4C(CCC(O)C4(C)C)C3(CO)CCC12C. The van der Waals surface area contributed by atoms with Crippen LogP contribution in [0.5, 0.6) is 0 Å². The van der Waals surface area contributed by atoms with E-state index in [1.807, 2.05) is 6.08 Å². The lowest BCUT2D eigenvalue weighted by Gasteiger charge is -2.67. The fourth-order valence-corrected chi connectivity index (χ4v) is 10.9. The van der Waals surface area contributed by atoms with E-state index in [-0.39, 0.29) is 29.3 Å². The molecule has 1 heterocycles. The van der Waals surface area contributed by atoms with Gasteiger partial charge < -0.3 is 45.2 Å². The summed E-state index contributed by atoms with van der Waals surface area (Å²) in [7, 11) is 0. The van der Waals surface area contributed by atoms with Gasteiger partial charge in [-0.15, -0.1) is 0 Å². The lowest BCUT2D eigenvalue weighted by molar-refractivity contribution is -0.324. The summed E-state index contributed by atoms with van der Waals surface area (Å²) in [5, 5.41) is 74.8. The summed E-state index contributed by atoms with van der Waals surface area (Å²) in [6.07, 6.45) is 3.98. The van der Waals surface area contributed by atoms with E-state index in [1.165, 1.54) is 0 Å². The molecular weight excluding hydrogens is 576 g/mol. The third-order valence-corrected chi connectivity index (χ3v) is 13.7. The number of fused-ring (bicyclic) bond motifs is 5. The van der Waals surface area contributed by atoms with E-state index in [9.17, 15) is 35.7 Å². The Labute approximate surface area is 269 Å². The average Bonchev–Trinajstić information content (AvgIpc) is 3.25. The van der Waals surface area contributed by atoms with Crippen molar-refractivity contribution in [2.45, 2.75) is 142 Å². The Morgan fingerprint density at radius 1 is 0.956 bits per heavy atom. The zero-order valence-corrected chi connectivity index (χ0v) is 28.4. The summed E-state index contributed by atoms with van der Waals surface area (Å²) in [5.41, 5.74) is -1.20. The lowest BCUT2D eigenvalue weighted by atomic mass is 9.38. The van der Waals surface area contributed by atoms with E-state index in [1.54, 1.807) is 13.8 Å². The second kappa shape index (κ2) is 12.2.